The van der Waals surface area contributed by atoms with Crippen molar-refractivity contribution in [1.82, 2.24) is 5.32 Å². The second-order valence-corrected chi connectivity index (χ2v) is 6.15. The average molecular weight is 281 g/mol. The minimum Gasteiger partial charge on any atom is -0.369 e. The maximum absolute atomic E-state index is 6.16. The fourth-order valence-corrected chi connectivity index (χ4v) is 2.61. The molecule has 1 aliphatic carbocycles. The van der Waals surface area contributed by atoms with Crippen LogP contribution in [0.4, 0.5) is 5.69 Å². The molecule has 0 saturated heterocycles. The summed E-state index contributed by atoms with van der Waals surface area (Å²) in [5.41, 5.74) is 2.65. The van der Waals surface area contributed by atoms with Crippen molar-refractivity contribution in [3.05, 3.63) is 28.8 Å². The number of halogens is 1. The Morgan fingerprint density at radius 3 is 2.68 bits per heavy atom. The highest BCUT2D eigenvalue weighted by atomic mass is 35.5. The summed E-state index contributed by atoms with van der Waals surface area (Å²) >= 11 is 6.16. The monoisotopic (exact) mass is 280 g/mol. The van der Waals surface area contributed by atoms with Gasteiger partial charge in [0.25, 0.3) is 0 Å². The minimum absolute atomic E-state index is 0.515. The summed E-state index contributed by atoms with van der Waals surface area (Å²) < 4.78 is 0. The van der Waals surface area contributed by atoms with Crippen molar-refractivity contribution in [2.24, 2.45) is 0 Å². The molecule has 0 unspecified atom stereocenters. The lowest BCUT2D eigenvalue weighted by Gasteiger charge is -2.31. The van der Waals surface area contributed by atoms with E-state index in [1.165, 1.54) is 24.1 Å². The van der Waals surface area contributed by atoms with Gasteiger partial charge in [0.1, 0.15) is 0 Å². The molecule has 1 N–H and O–H groups in total. The Hall–Kier alpha value is -0.730. The van der Waals surface area contributed by atoms with E-state index in [2.05, 4.69) is 43.1 Å². The third-order valence-corrected chi connectivity index (χ3v) is 3.83. The molecule has 1 fully saturated rings. The van der Waals surface area contributed by atoms with Crippen molar-refractivity contribution < 1.29 is 0 Å². The van der Waals surface area contributed by atoms with Crippen molar-refractivity contribution in [1.29, 1.82) is 0 Å². The van der Waals surface area contributed by atoms with Gasteiger partial charge in [0.05, 0.1) is 0 Å². The van der Waals surface area contributed by atoms with Crippen molar-refractivity contribution in [2.45, 2.75) is 58.7 Å². The van der Waals surface area contributed by atoms with Gasteiger partial charge in [-0.05, 0) is 56.9 Å². The topological polar surface area (TPSA) is 15.3 Å². The smallest absolute Gasteiger partial charge is 0.0415 e. The normalized spacial score (nSPS) is 15.0. The average Bonchev–Trinajstić information content (AvgIpc) is 3.18. The van der Waals surface area contributed by atoms with Gasteiger partial charge in [0.15, 0.2) is 0 Å². The summed E-state index contributed by atoms with van der Waals surface area (Å²) in [4.78, 5) is 2.47. The van der Waals surface area contributed by atoms with Crippen LogP contribution in [-0.2, 0) is 6.54 Å². The summed E-state index contributed by atoms with van der Waals surface area (Å²) in [6.45, 7) is 8.75. The predicted molar refractivity (Wildman–Crippen MR) is 84.1 cm³/mol. The van der Waals surface area contributed by atoms with Gasteiger partial charge in [-0.3, -0.25) is 0 Å². The van der Waals surface area contributed by atoms with Gasteiger partial charge in [-0.25, -0.2) is 0 Å². The fourth-order valence-electron chi connectivity index (χ4n) is 2.42. The van der Waals surface area contributed by atoms with Crippen LogP contribution >= 0.6 is 11.6 Å². The van der Waals surface area contributed by atoms with Crippen LogP contribution in [0.2, 0.25) is 5.02 Å². The number of benzene rings is 1. The lowest BCUT2D eigenvalue weighted by molar-refractivity contribution is 0.652. The van der Waals surface area contributed by atoms with Crippen LogP contribution in [0.25, 0.3) is 0 Å². The standard InChI is InChI=1S/C16H25ClN2/c1-4-9-19(12(2)3)16-8-5-14(17)10-13(16)11-18-15-6-7-15/h5,8,10,12,15,18H,4,6-7,9,11H2,1-3H3. The number of hydrogen-bond acceptors (Lipinski definition) is 2. The maximum Gasteiger partial charge on any atom is 0.0415 e. The van der Waals surface area contributed by atoms with E-state index in [1.54, 1.807) is 0 Å². The fraction of sp³-hybridized carbons (Fsp3) is 0.625. The SMILES string of the molecule is CCCN(c1ccc(Cl)cc1CNC1CC1)C(C)C. The first-order chi connectivity index (χ1) is 9.11. The van der Waals surface area contributed by atoms with Gasteiger partial charge in [-0.1, -0.05) is 18.5 Å². The van der Waals surface area contributed by atoms with Crippen LogP contribution in [0.1, 0.15) is 45.6 Å². The van der Waals surface area contributed by atoms with Gasteiger partial charge < -0.3 is 10.2 Å². The molecule has 0 amide bonds. The number of rotatable bonds is 7. The Kier molecular flexibility index (Phi) is 5.12. The van der Waals surface area contributed by atoms with Crippen LogP contribution in [-0.4, -0.2) is 18.6 Å². The van der Waals surface area contributed by atoms with Gasteiger partial charge in [0.2, 0.25) is 0 Å². The van der Waals surface area contributed by atoms with Crippen molar-refractivity contribution >= 4 is 17.3 Å². The van der Waals surface area contributed by atoms with Gasteiger partial charge in [-0.15, -0.1) is 0 Å². The van der Waals surface area contributed by atoms with E-state index in [9.17, 15) is 0 Å². The lowest BCUT2D eigenvalue weighted by Crippen LogP contribution is -2.33. The molecule has 0 bridgehead atoms. The second kappa shape index (κ2) is 6.62. The quantitative estimate of drug-likeness (QED) is 0.805. The second-order valence-electron chi connectivity index (χ2n) is 5.72. The summed E-state index contributed by atoms with van der Waals surface area (Å²) in [7, 11) is 0. The molecular formula is C16H25ClN2. The highest BCUT2D eigenvalue weighted by Gasteiger charge is 2.21. The zero-order valence-electron chi connectivity index (χ0n) is 12.2. The minimum atomic E-state index is 0.515. The van der Waals surface area contributed by atoms with Gasteiger partial charge in [0, 0.05) is 35.9 Å². The van der Waals surface area contributed by atoms with Crippen molar-refractivity contribution in [3.63, 3.8) is 0 Å². The molecule has 0 spiro atoms. The van der Waals surface area contributed by atoms with Crippen molar-refractivity contribution in [3.8, 4) is 0 Å². The number of anilines is 1. The maximum atomic E-state index is 6.16. The van der Waals surface area contributed by atoms with E-state index in [1.807, 2.05) is 6.07 Å². The predicted octanol–water partition coefficient (Wildman–Crippen LogP) is 4.22. The Labute approximate surface area is 122 Å². The summed E-state index contributed by atoms with van der Waals surface area (Å²) in [5.74, 6) is 0. The Bertz CT molecular complexity index is 413. The molecule has 1 aliphatic rings. The first-order valence-corrected chi connectivity index (χ1v) is 7.78. The molecule has 1 aromatic carbocycles. The number of hydrogen-bond donors (Lipinski definition) is 1. The van der Waals surface area contributed by atoms with E-state index in [-0.39, 0.29) is 0 Å². The molecule has 1 saturated carbocycles. The molecule has 2 rings (SSSR count). The Balaban J connectivity index is 2.19. The Morgan fingerprint density at radius 1 is 1.37 bits per heavy atom. The third-order valence-electron chi connectivity index (χ3n) is 3.60. The molecule has 19 heavy (non-hydrogen) atoms. The van der Waals surface area contributed by atoms with E-state index >= 15 is 0 Å². The van der Waals surface area contributed by atoms with Gasteiger partial charge >= 0.3 is 0 Å². The molecule has 3 heteroatoms. The number of nitrogens with one attached hydrogen (secondary N) is 1. The van der Waals surface area contributed by atoms with E-state index in [0.29, 0.717) is 6.04 Å². The molecule has 0 heterocycles. The molecule has 2 nitrogen and oxygen atoms in total. The molecule has 106 valence electrons. The lowest BCUT2D eigenvalue weighted by atomic mass is 10.1. The zero-order chi connectivity index (χ0) is 13.8. The van der Waals surface area contributed by atoms with Crippen LogP contribution < -0.4 is 10.2 Å². The van der Waals surface area contributed by atoms with E-state index < -0.39 is 0 Å². The first-order valence-electron chi connectivity index (χ1n) is 7.40. The zero-order valence-corrected chi connectivity index (χ0v) is 13.0. The molecule has 0 aliphatic heterocycles. The third kappa shape index (κ3) is 4.12. The van der Waals surface area contributed by atoms with Crippen LogP contribution in [0.15, 0.2) is 18.2 Å². The van der Waals surface area contributed by atoms with Crippen molar-refractivity contribution in [2.75, 3.05) is 11.4 Å². The molecule has 0 atom stereocenters. The summed E-state index contributed by atoms with van der Waals surface area (Å²) in [6, 6.07) is 7.52. The highest BCUT2D eigenvalue weighted by Crippen LogP contribution is 2.27. The Morgan fingerprint density at radius 2 is 2.11 bits per heavy atom. The largest absolute Gasteiger partial charge is 0.369 e. The van der Waals surface area contributed by atoms with E-state index in [0.717, 1.165) is 30.6 Å². The van der Waals surface area contributed by atoms with Crippen LogP contribution in [0.5, 0.6) is 0 Å². The van der Waals surface area contributed by atoms with Crippen LogP contribution in [0, 0.1) is 0 Å². The highest BCUT2D eigenvalue weighted by molar-refractivity contribution is 6.30. The number of nitrogens with zero attached hydrogens (tertiary/aromatic N) is 1. The summed E-state index contributed by atoms with van der Waals surface area (Å²) in [5, 5.41) is 4.42. The van der Waals surface area contributed by atoms with Crippen LogP contribution in [0.3, 0.4) is 0 Å². The molecule has 0 radical (unpaired) electrons. The molecule has 0 aromatic heterocycles. The van der Waals surface area contributed by atoms with E-state index in [4.69, 9.17) is 11.6 Å². The summed E-state index contributed by atoms with van der Waals surface area (Å²) in [6.07, 6.45) is 3.80. The molecule has 1 aromatic rings. The van der Waals surface area contributed by atoms with Gasteiger partial charge in [-0.2, -0.15) is 0 Å². The molecular weight excluding hydrogens is 256 g/mol. The first kappa shape index (κ1) is 14.7.